The predicted molar refractivity (Wildman–Crippen MR) is 52.0 cm³/mol. The molecule has 11 heavy (non-hydrogen) atoms. The maximum absolute atomic E-state index is 12.4. The Kier molecular flexibility index (Phi) is 3.26. The smallest absolute Gasteiger partial charge is 0.123 e. The number of benzene rings is 1. The molecule has 0 spiro atoms. The third-order valence-electron chi connectivity index (χ3n) is 1.53. The number of halogens is 2. The van der Waals surface area contributed by atoms with Crippen LogP contribution in [0.25, 0.3) is 0 Å². The molecule has 0 heterocycles. The Bertz CT molecular complexity index is 222. The Morgan fingerprint density at radius 1 is 1.36 bits per heavy atom. The fraction of sp³-hybridized carbons (Fsp3) is 0.250. The highest BCUT2D eigenvalue weighted by Gasteiger charge is 2.01. The van der Waals surface area contributed by atoms with Crippen LogP contribution in [-0.2, 0) is 0 Å². The van der Waals surface area contributed by atoms with E-state index in [1.807, 2.05) is 6.92 Å². The van der Waals surface area contributed by atoms with Crippen molar-refractivity contribution in [1.82, 2.24) is 3.53 Å². The van der Waals surface area contributed by atoms with E-state index in [4.69, 9.17) is 0 Å². The van der Waals surface area contributed by atoms with Gasteiger partial charge in [-0.25, -0.2) is 4.39 Å². The number of rotatable bonds is 2. The lowest BCUT2D eigenvalue weighted by molar-refractivity contribution is 0.625. The minimum Gasteiger partial charge on any atom is -0.254 e. The molecule has 0 aliphatic carbocycles. The summed E-state index contributed by atoms with van der Waals surface area (Å²) in [6.45, 7) is 2.03. The van der Waals surface area contributed by atoms with E-state index in [9.17, 15) is 4.39 Å². The largest absolute Gasteiger partial charge is 0.254 e. The van der Waals surface area contributed by atoms with Crippen molar-refractivity contribution in [3.8, 4) is 0 Å². The van der Waals surface area contributed by atoms with Gasteiger partial charge < -0.3 is 0 Å². The zero-order valence-electron chi connectivity index (χ0n) is 6.14. The Labute approximate surface area is 79.5 Å². The monoisotopic (exact) mass is 265 g/mol. The van der Waals surface area contributed by atoms with Crippen LogP contribution in [0, 0.1) is 5.82 Å². The lowest BCUT2D eigenvalue weighted by Gasteiger charge is -2.07. The summed E-state index contributed by atoms with van der Waals surface area (Å²) >= 11 is 2.08. The molecule has 1 aromatic carbocycles. The van der Waals surface area contributed by atoms with Crippen LogP contribution in [0.4, 0.5) is 4.39 Å². The molecule has 1 rings (SSSR count). The van der Waals surface area contributed by atoms with Gasteiger partial charge in [-0.1, -0.05) is 12.1 Å². The van der Waals surface area contributed by atoms with Gasteiger partial charge in [-0.3, -0.25) is 3.53 Å². The Balaban J connectivity index is 2.81. The van der Waals surface area contributed by atoms with Crippen molar-refractivity contribution >= 4 is 22.9 Å². The first kappa shape index (κ1) is 8.93. The number of hydrogen-bond acceptors (Lipinski definition) is 1. The third-order valence-corrected chi connectivity index (χ3v) is 2.47. The molecule has 0 bridgehead atoms. The van der Waals surface area contributed by atoms with E-state index in [0.717, 1.165) is 5.56 Å². The average Bonchev–Trinajstić information content (AvgIpc) is 2.05. The van der Waals surface area contributed by atoms with Gasteiger partial charge in [0.15, 0.2) is 0 Å². The molecule has 0 aliphatic rings. The van der Waals surface area contributed by atoms with Crippen molar-refractivity contribution in [1.29, 1.82) is 0 Å². The van der Waals surface area contributed by atoms with Gasteiger partial charge in [0.2, 0.25) is 0 Å². The molecule has 0 saturated carbocycles. The molecule has 1 nitrogen and oxygen atoms in total. The SMILES string of the molecule is CC(NI)c1ccc(F)cc1. The van der Waals surface area contributed by atoms with Crippen LogP contribution >= 0.6 is 22.9 Å². The van der Waals surface area contributed by atoms with Gasteiger partial charge in [0, 0.05) is 28.9 Å². The van der Waals surface area contributed by atoms with Gasteiger partial charge in [0.25, 0.3) is 0 Å². The van der Waals surface area contributed by atoms with E-state index in [1.165, 1.54) is 12.1 Å². The van der Waals surface area contributed by atoms with Gasteiger partial charge in [0.05, 0.1) is 0 Å². The predicted octanol–water partition coefficient (Wildman–Crippen LogP) is 2.83. The molecule has 0 radical (unpaired) electrons. The number of nitrogens with one attached hydrogen (secondary N) is 1. The zero-order valence-corrected chi connectivity index (χ0v) is 8.30. The van der Waals surface area contributed by atoms with Crippen LogP contribution in [-0.4, -0.2) is 0 Å². The third kappa shape index (κ3) is 2.41. The second kappa shape index (κ2) is 4.01. The lowest BCUT2D eigenvalue weighted by atomic mass is 10.1. The summed E-state index contributed by atoms with van der Waals surface area (Å²) in [7, 11) is 0. The van der Waals surface area contributed by atoms with Crippen molar-refractivity contribution in [2.45, 2.75) is 13.0 Å². The van der Waals surface area contributed by atoms with E-state index in [-0.39, 0.29) is 11.9 Å². The summed E-state index contributed by atoms with van der Waals surface area (Å²) in [6.07, 6.45) is 0. The van der Waals surface area contributed by atoms with Crippen LogP contribution in [0.1, 0.15) is 18.5 Å². The molecule has 1 aromatic rings. The highest BCUT2D eigenvalue weighted by molar-refractivity contribution is 14.1. The maximum atomic E-state index is 12.4. The van der Waals surface area contributed by atoms with Gasteiger partial charge in [-0.15, -0.1) is 0 Å². The first-order valence-electron chi connectivity index (χ1n) is 3.35. The highest BCUT2D eigenvalue weighted by Crippen LogP contribution is 2.13. The summed E-state index contributed by atoms with van der Waals surface area (Å²) in [5, 5.41) is 0. The van der Waals surface area contributed by atoms with Gasteiger partial charge >= 0.3 is 0 Å². The van der Waals surface area contributed by atoms with Crippen molar-refractivity contribution in [2.24, 2.45) is 0 Å². The molecule has 1 atom stereocenters. The molecular weight excluding hydrogens is 256 g/mol. The highest BCUT2D eigenvalue weighted by atomic mass is 127. The van der Waals surface area contributed by atoms with Crippen molar-refractivity contribution in [3.05, 3.63) is 35.6 Å². The van der Waals surface area contributed by atoms with Crippen molar-refractivity contribution in [2.75, 3.05) is 0 Å². The second-order valence-electron chi connectivity index (χ2n) is 2.38. The molecule has 1 unspecified atom stereocenters. The van der Waals surface area contributed by atoms with E-state index in [2.05, 4.69) is 26.4 Å². The second-order valence-corrected chi connectivity index (χ2v) is 3.01. The summed E-state index contributed by atoms with van der Waals surface area (Å²) < 4.78 is 15.5. The normalized spacial score (nSPS) is 13.0. The van der Waals surface area contributed by atoms with E-state index in [1.54, 1.807) is 12.1 Å². The molecule has 0 aromatic heterocycles. The van der Waals surface area contributed by atoms with Crippen LogP contribution in [0.2, 0.25) is 0 Å². The summed E-state index contributed by atoms with van der Waals surface area (Å²) in [4.78, 5) is 0. The summed E-state index contributed by atoms with van der Waals surface area (Å²) in [5.41, 5.74) is 1.10. The van der Waals surface area contributed by atoms with Gasteiger partial charge in [-0.2, -0.15) is 0 Å². The average molecular weight is 265 g/mol. The Morgan fingerprint density at radius 3 is 2.36 bits per heavy atom. The minimum absolute atomic E-state index is 0.186. The zero-order chi connectivity index (χ0) is 8.27. The van der Waals surface area contributed by atoms with Crippen LogP contribution in [0.3, 0.4) is 0 Å². The van der Waals surface area contributed by atoms with Crippen LogP contribution in [0.5, 0.6) is 0 Å². The van der Waals surface area contributed by atoms with E-state index >= 15 is 0 Å². The Morgan fingerprint density at radius 2 is 1.91 bits per heavy atom. The Hall–Kier alpha value is -0.160. The molecular formula is C8H9FIN. The molecule has 3 heteroatoms. The topological polar surface area (TPSA) is 12.0 Å². The fourth-order valence-corrected chi connectivity index (χ4v) is 1.17. The van der Waals surface area contributed by atoms with Crippen molar-refractivity contribution < 1.29 is 4.39 Å². The number of hydrogen-bond donors (Lipinski definition) is 1. The maximum Gasteiger partial charge on any atom is 0.123 e. The first-order chi connectivity index (χ1) is 5.24. The van der Waals surface area contributed by atoms with Gasteiger partial charge in [0.1, 0.15) is 5.82 Å². The molecule has 1 N–H and O–H groups in total. The molecule has 0 amide bonds. The molecule has 0 aliphatic heterocycles. The van der Waals surface area contributed by atoms with Crippen LogP contribution in [0.15, 0.2) is 24.3 Å². The first-order valence-corrected chi connectivity index (χ1v) is 4.43. The quantitative estimate of drug-likeness (QED) is 0.640. The molecule has 60 valence electrons. The minimum atomic E-state index is -0.186. The van der Waals surface area contributed by atoms with Crippen LogP contribution < -0.4 is 3.53 Å². The van der Waals surface area contributed by atoms with E-state index < -0.39 is 0 Å². The lowest BCUT2D eigenvalue weighted by Crippen LogP contribution is -2.05. The van der Waals surface area contributed by atoms with Gasteiger partial charge in [-0.05, 0) is 24.6 Å². The fourth-order valence-electron chi connectivity index (χ4n) is 0.814. The van der Waals surface area contributed by atoms with Crippen molar-refractivity contribution in [3.63, 3.8) is 0 Å². The summed E-state index contributed by atoms with van der Waals surface area (Å²) in [5.74, 6) is -0.186. The summed E-state index contributed by atoms with van der Waals surface area (Å²) in [6, 6.07) is 6.79. The molecule has 0 saturated heterocycles. The molecule has 0 fully saturated rings. The van der Waals surface area contributed by atoms with E-state index in [0.29, 0.717) is 0 Å². The standard InChI is InChI=1S/C8H9FIN/c1-6(11-10)7-2-4-8(9)5-3-7/h2-6,11H,1H3.